The van der Waals surface area contributed by atoms with Crippen molar-refractivity contribution in [1.29, 1.82) is 5.26 Å². The van der Waals surface area contributed by atoms with Crippen molar-refractivity contribution in [3.05, 3.63) is 24.0 Å². The molecule has 1 aromatic rings. The molecule has 1 atom stereocenters. The van der Waals surface area contributed by atoms with Gasteiger partial charge in [0, 0.05) is 31.5 Å². The van der Waals surface area contributed by atoms with Crippen molar-refractivity contribution >= 4 is 0 Å². The van der Waals surface area contributed by atoms with Crippen LogP contribution < -0.4 is 0 Å². The largest absolute Gasteiger partial charge is 0.381 e. The van der Waals surface area contributed by atoms with E-state index in [0.29, 0.717) is 5.92 Å². The van der Waals surface area contributed by atoms with Crippen molar-refractivity contribution in [3.63, 3.8) is 0 Å². The molecule has 0 aromatic carbocycles. The molecule has 1 fully saturated rings. The highest BCUT2D eigenvalue weighted by molar-refractivity contribution is 5.25. The van der Waals surface area contributed by atoms with Crippen LogP contribution in [0.4, 0.5) is 0 Å². The summed E-state index contributed by atoms with van der Waals surface area (Å²) >= 11 is 0. The number of nitriles is 1. The van der Waals surface area contributed by atoms with Gasteiger partial charge in [-0.05, 0) is 12.5 Å². The molecule has 1 aliphatic rings. The smallest absolute Gasteiger partial charge is 0.101 e. The number of hydrogen-bond acceptors (Lipinski definition) is 2. The molecule has 0 spiro atoms. The second-order valence-corrected chi connectivity index (χ2v) is 3.44. The maximum absolute atomic E-state index is 8.62. The number of nitrogens with zero attached hydrogens (tertiary/aromatic N) is 2. The second kappa shape index (κ2) is 3.63. The second-order valence-electron chi connectivity index (χ2n) is 3.44. The van der Waals surface area contributed by atoms with Crippen LogP contribution in [0.2, 0.25) is 0 Å². The predicted molar refractivity (Wildman–Crippen MR) is 48.1 cm³/mol. The SMILES string of the molecule is N#Cc1ccn(CC2CCOC2)c1. The molecule has 0 radical (unpaired) electrons. The molecular formula is C10H12N2O. The van der Waals surface area contributed by atoms with Gasteiger partial charge in [-0.2, -0.15) is 5.26 Å². The number of aromatic nitrogens is 1. The Bertz CT molecular complexity index is 318. The van der Waals surface area contributed by atoms with E-state index in [1.54, 1.807) is 0 Å². The first-order valence-corrected chi connectivity index (χ1v) is 4.52. The Morgan fingerprint density at radius 2 is 2.62 bits per heavy atom. The Hall–Kier alpha value is -1.27. The lowest BCUT2D eigenvalue weighted by molar-refractivity contribution is 0.182. The van der Waals surface area contributed by atoms with Crippen molar-refractivity contribution in [3.8, 4) is 6.07 Å². The third-order valence-corrected chi connectivity index (χ3v) is 2.37. The average Bonchev–Trinajstić information content (AvgIpc) is 2.76. The van der Waals surface area contributed by atoms with Gasteiger partial charge in [-0.25, -0.2) is 0 Å². The average molecular weight is 176 g/mol. The lowest BCUT2D eigenvalue weighted by Gasteiger charge is -2.07. The van der Waals surface area contributed by atoms with Gasteiger partial charge in [0.15, 0.2) is 0 Å². The van der Waals surface area contributed by atoms with Gasteiger partial charge in [0.05, 0.1) is 12.2 Å². The highest BCUT2D eigenvalue weighted by Crippen LogP contribution is 2.15. The highest BCUT2D eigenvalue weighted by Gasteiger charge is 2.15. The summed E-state index contributed by atoms with van der Waals surface area (Å²) in [7, 11) is 0. The van der Waals surface area contributed by atoms with E-state index in [1.165, 1.54) is 0 Å². The van der Waals surface area contributed by atoms with Crippen LogP contribution in [-0.4, -0.2) is 17.8 Å². The standard InChI is InChI=1S/C10H12N2O/c11-5-9-1-3-12(6-9)7-10-2-4-13-8-10/h1,3,6,10H,2,4,7-8H2. The summed E-state index contributed by atoms with van der Waals surface area (Å²) in [6.07, 6.45) is 4.98. The summed E-state index contributed by atoms with van der Waals surface area (Å²) < 4.78 is 7.35. The first kappa shape index (κ1) is 8.33. The van der Waals surface area contributed by atoms with Gasteiger partial charge in [0.25, 0.3) is 0 Å². The van der Waals surface area contributed by atoms with Crippen LogP contribution in [-0.2, 0) is 11.3 Å². The molecule has 0 aliphatic carbocycles. The molecule has 3 heteroatoms. The van der Waals surface area contributed by atoms with Crippen LogP contribution in [0.3, 0.4) is 0 Å². The van der Waals surface area contributed by atoms with E-state index < -0.39 is 0 Å². The summed E-state index contributed by atoms with van der Waals surface area (Å²) in [5, 5.41) is 8.62. The Kier molecular flexibility index (Phi) is 2.33. The third kappa shape index (κ3) is 1.90. The Morgan fingerprint density at radius 1 is 1.69 bits per heavy atom. The van der Waals surface area contributed by atoms with Gasteiger partial charge >= 0.3 is 0 Å². The molecule has 0 N–H and O–H groups in total. The molecule has 3 nitrogen and oxygen atoms in total. The van der Waals surface area contributed by atoms with E-state index >= 15 is 0 Å². The minimum atomic E-state index is 0.624. The fraction of sp³-hybridized carbons (Fsp3) is 0.500. The van der Waals surface area contributed by atoms with Crippen LogP contribution in [0, 0.1) is 17.2 Å². The molecule has 1 aromatic heterocycles. The Morgan fingerprint density at radius 3 is 3.23 bits per heavy atom. The molecule has 0 amide bonds. The van der Waals surface area contributed by atoms with E-state index in [2.05, 4.69) is 10.6 Å². The fourth-order valence-corrected chi connectivity index (χ4v) is 1.65. The van der Waals surface area contributed by atoms with Gasteiger partial charge < -0.3 is 9.30 Å². The predicted octanol–water partition coefficient (Wildman–Crippen LogP) is 1.40. The first-order valence-electron chi connectivity index (χ1n) is 4.52. The normalized spacial score (nSPS) is 21.6. The van der Waals surface area contributed by atoms with E-state index in [-0.39, 0.29) is 0 Å². The zero-order chi connectivity index (χ0) is 9.10. The number of hydrogen-bond donors (Lipinski definition) is 0. The third-order valence-electron chi connectivity index (χ3n) is 2.37. The molecule has 0 bridgehead atoms. The Balaban J connectivity index is 1.97. The summed E-state index contributed by atoms with van der Waals surface area (Å²) in [6.45, 7) is 2.72. The lowest BCUT2D eigenvalue weighted by atomic mass is 10.1. The summed E-state index contributed by atoms with van der Waals surface area (Å²) in [5.74, 6) is 0.624. The molecule has 0 saturated carbocycles. The maximum atomic E-state index is 8.62. The monoisotopic (exact) mass is 176 g/mol. The van der Waals surface area contributed by atoms with E-state index in [0.717, 1.165) is 31.7 Å². The van der Waals surface area contributed by atoms with Gasteiger partial charge in [0.2, 0.25) is 0 Å². The van der Waals surface area contributed by atoms with Crippen molar-refractivity contribution in [2.75, 3.05) is 13.2 Å². The zero-order valence-electron chi connectivity index (χ0n) is 7.44. The number of ether oxygens (including phenoxy) is 1. The summed E-state index contributed by atoms with van der Waals surface area (Å²) in [4.78, 5) is 0. The molecule has 1 saturated heterocycles. The van der Waals surface area contributed by atoms with Gasteiger partial charge in [-0.3, -0.25) is 0 Å². The molecule has 2 rings (SSSR count). The topological polar surface area (TPSA) is 38.0 Å². The van der Waals surface area contributed by atoms with Crippen LogP contribution in [0.15, 0.2) is 18.5 Å². The molecule has 1 aliphatic heterocycles. The number of rotatable bonds is 2. The maximum Gasteiger partial charge on any atom is 0.101 e. The summed E-state index contributed by atoms with van der Waals surface area (Å²) in [5.41, 5.74) is 0.735. The van der Waals surface area contributed by atoms with Crippen LogP contribution in [0.5, 0.6) is 0 Å². The van der Waals surface area contributed by atoms with Crippen LogP contribution in [0.1, 0.15) is 12.0 Å². The highest BCUT2D eigenvalue weighted by atomic mass is 16.5. The lowest BCUT2D eigenvalue weighted by Crippen LogP contribution is -2.08. The quantitative estimate of drug-likeness (QED) is 0.683. The molecule has 68 valence electrons. The molecular weight excluding hydrogens is 164 g/mol. The molecule has 1 unspecified atom stereocenters. The zero-order valence-corrected chi connectivity index (χ0v) is 7.44. The first-order chi connectivity index (χ1) is 6.38. The minimum Gasteiger partial charge on any atom is -0.381 e. The van der Waals surface area contributed by atoms with Crippen LogP contribution >= 0.6 is 0 Å². The van der Waals surface area contributed by atoms with E-state index in [4.69, 9.17) is 10.00 Å². The van der Waals surface area contributed by atoms with Crippen molar-refractivity contribution in [2.24, 2.45) is 5.92 Å². The van der Waals surface area contributed by atoms with E-state index in [1.807, 2.05) is 18.5 Å². The van der Waals surface area contributed by atoms with E-state index in [9.17, 15) is 0 Å². The fourth-order valence-electron chi connectivity index (χ4n) is 1.65. The van der Waals surface area contributed by atoms with Gasteiger partial charge in [-0.15, -0.1) is 0 Å². The minimum absolute atomic E-state index is 0.624. The Labute approximate surface area is 77.5 Å². The molecule has 2 heterocycles. The van der Waals surface area contributed by atoms with Gasteiger partial charge in [0.1, 0.15) is 6.07 Å². The molecule has 13 heavy (non-hydrogen) atoms. The summed E-state index contributed by atoms with van der Waals surface area (Å²) in [6, 6.07) is 3.96. The van der Waals surface area contributed by atoms with Crippen molar-refractivity contribution in [2.45, 2.75) is 13.0 Å². The van der Waals surface area contributed by atoms with Gasteiger partial charge in [-0.1, -0.05) is 0 Å². The van der Waals surface area contributed by atoms with Crippen molar-refractivity contribution in [1.82, 2.24) is 4.57 Å². The van der Waals surface area contributed by atoms with Crippen molar-refractivity contribution < 1.29 is 4.74 Å². The van der Waals surface area contributed by atoms with Crippen LogP contribution in [0.25, 0.3) is 0 Å².